The molecule has 2 N–H and O–H groups in total. The average molecular weight is 357 g/mol. The number of carbonyl (C=O) groups excluding carboxylic acids is 1. The Morgan fingerprint density at radius 2 is 2.00 bits per heavy atom. The summed E-state index contributed by atoms with van der Waals surface area (Å²) in [5.74, 6) is 0.781. The molecule has 136 valence electrons. The number of benzene rings is 1. The molecule has 0 unspecified atom stereocenters. The maximum Gasteiger partial charge on any atom is 0.239 e. The number of amides is 1. The Hall–Kier alpha value is -1.30. The second kappa shape index (κ2) is 9.25. The Morgan fingerprint density at radius 3 is 2.58 bits per heavy atom. The van der Waals surface area contributed by atoms with Crippen LogP contribution in [0.5, 0.6) is 5.75 Å². The van der Waals surface area contributed by atoms with E-state index in [1.54, 1.807) is 0 Å². The van der Waals surface area contributed by atoms with Crippen molar-refractivity contribution in [2.75, 3.05) is 26.3 Å². The van der Waals surface area contributed by atoms with Gasteiger partial charge in [0.2, 0.25) is 5.91 Å². The molecule has 6 heteroatoms. The van der Waals surface area contributed by atoms with Crippen molar-refractivity contribution < 1.29 is 14.3 Å². The van der Waals surface area contributed by atoms with Gasteiger partial charge in [0, 0.05) is 6.54 Å². The van der Waals surface area contributed by atoms with Gasteiger partial charge in [-0.3, -0.25) is 4.79 Å². The van der Waals surface area contributed by atoms with E-state index in [9.17, 15) is 4.79 Å². The zero-order valence-corrected chi connectivity index (χ0v) is 15.7. The van der Waals surface area contributed by atoms with Gasteiger partial charge >= 0.3 is 0 Å². The van der Waals surface area contributed by atoms with E-state index in [0.717, 1.165) is 5.75 Å². The number of halogens is 1. The van der Waals surface area contributed by atoms with Gasteiger partial charge in [-0.25, -0.2) is 0 Å². The maximum atomic E-state index is 12.1. The predicted molar refractivity (Wildman–Crippen MR) is 98.1 cm³/mol. The molecule has 0 aromatic heterocycles. The number of nitrogens with one attached hydrogen (secondary N) is 2. The van der Waals surface area contributed by atoms with Crippen molar-refractivity contribution >= 4 is 18.3 Å². The third-order valence-electron chi connectivity index (χ3n) is 3.99. The first-order chi connectivity index (χ1) is 10.9. The summed E-state index contributed by atoms with van der Waals surface area (Å²) < 4.78 is 11.1. The van der Waals surface area contributed by atoms with E-state index in [1.165, 1.54) is 5.56 Å². The molecule has 1 fully saturated rings. The molecule has 0 aliphatic carbocycles. The van der Waals surface area contributed by atoms with Crippen molar-refractivity contribution in [2.45, 2.75) is 45.3 Å². The van der Waals surface area contributed by atoms with Crippen LogP contribution in [0.15, 0.2) is 24.3 Å². The summed E-state index contributed by atoms with van der Waals surface area (Å²) in [4.78, 5) is 12.1. The van der Waals surface area contributed by atoms with Gasteiger partial charge in [-0.2, -0.15) is 0 Å². The summed E-state index contributed by atoms with van der Waals surface area (Å²) >= 11 is 0. The molecule has 0 saturated carbocycles. The minimum absolute atomic E-state index is 0. The van der Waals surface area contributed by atoms with Crippen molar-refractivity contribution in [3.63, 3.8) is 0 Å². The lowest BCUT2D eigenvalue weighted by molar-refractivity contribution is -0.129. The lowest BCUT2D eigenvalue weighted by atomic mass is 9.87. The summed E-state index contributed by atoms with van der Waals surface area (Å²) in [7, 11) is 0. The minimum Gasteiger partial charge on any atom is -0.492 e. The number of carbonyl (C=O) groups is 1. The second-order valence-corrected chi connectivity index (χ2v) is 6.92. The summed E-state index contributed by atoms with van der Waals surface area (Å²) in [6.07, 6.45) is -0.102. The highest BCUT2D eigenvalue weighted by Crippen LogP contribution is 2.24. The van der Waals surface area contributed by atoms with Gasteiger partial charge < -0.3 is 20.1 Å². The van der Waals surface area contributed by atoms with Gasteiger partial charge in [-0.1, -0.05) is 32.9 Å². The molecule has 1 aromatic carbocycles. The third kappa shape index (κ3) is 5.96. The lowest BCUT2D eigenvalue weighted by Crippen LogP contribution is -2.55. The van der Waals surface area contributed by atoms with Crippen molar-refractivity contribution in [1.82, 2.24) is 10.6 Å². The first kappa shape index (κ1) is 20.7. The molecular weight excluding hydrogens is 328 g/mol. The third-order valence-corrected chi connectivity index (χ3v) is 3.99. The number of hydrogen-bond acceptors (Lipinski definition) is 4. The largest absolute Gasteiger partial charge is 0.492 e. The van der Waals surface area contributed by atoms with E-state index >= 15 is 0 Å². The fraction of sp³-hybridized carbons (Fsp3) is 0.611. The van der Waals surface area contributed by atoms with Crippen molar-refractivity contribution in [2.24, 2.45) is 0 Å². The molecule has 1 aliphatic rings. The Balaban J connectivity index is 0.00000288. The van der Waals surface area contributed by atoms with Crippen LogP contribution in [-0.2, 0) is 14.9 Å². The van der Waals surface area contributed by atoms with Gasteiger partial charge in [0.15, 0.2) is 0 Å². The molecule has 2 rings (SSSR count). The lowest BCUT2D eigenvalue weighted by Gasteiger charge is -2.29. The van der Waals surface area contributed by atoms with Crippen LogP contribution in [0.25, 0.3) is 0 Å². The summed E-state index contributed by atoms with van der Waals surface area (Å²) in [5, 5.41) is 6.05. The molecule has 0 radical (unpaired) electrons. The predicted octanol–water partition coefficient (Wildman–Crippen LogP) is 2.28. The molecule has 1 aromatic rings. The first-order valence-electron chi connectivity index (χ1n) is 8.24. The molecule has 24 heavy (non-hydrogen) atoms. The quantitative estimate of drug-likeness (QED) is 0.795. The Labute approximate surface area is 150 Å². The fourth-order valence-corrected chi connectivity index (χ4v) is 2.53. The normalized spacial score (nSPS) is 20.8. The topological polar surface area (TPSA) is 59.6 Å². The Morgan fingerprint density at radius 1 is 1.33 bits per heavy atom. The standard InChI is InChI=1S/C18H28N2O3.ClH/c1-13-16(19-9-11-22-13)17(21)20-10-12-23-15-7-5-14(6-8-15)18(2,3)4;/h5-8,13,16,19H,9-12H2,1-4H3,(H,20,21);1H/t13-,16+;/m1./s1. The first-order valence-corrected chi connectivity index (χ1v) is 8.24. The number of rotatable bonds is 5. The van der Waals surface area contributed by atoms with Crippen molar-refractivity contribution in [3.05, 3.63) is 29.8 Å². The smallest absolute Gasteiger partial charge is 0.239 e. The summed E-state index contributed by atoms with van der Waals surface area (Å²) in [6, 6.07) is 7.83. The molecule has 1 amide bonds. The molecule has 2 atom stereocenters. The highest BCUT2D eigenvalue weighted by Gasteiger charge is 2.27. The maximum absolute atomic E-state index is 12.1. The minimum atomic E-state index is -0.283. The van der Waals surface area contributed by atoms with Crippen molar-refractivity contribution in [3.8, 4) is 5.75 Å². The van der Waals surface area contributed by atoms with E-state index in [4.69, 9.17) is 9.47 Å². The zero-order valence-electron chi connectivity index (χ0n) is 14.9. The fourth-order valence-electron chi connectivity index (χ4n) is 2.53. The van der Waals surface area contributed by atoms with E-state index in [-0.39, 0.29) is 35.9 Å². The highest BCUT2D eigenvalue weighted by atomic mass is 35.5. The molecule has 1 saturated heterocycles. The van der Waals surface area contributed by atoms with Crippen LogP contribution < -0.4 is 15.4 Å². The van der Waals surface area contributed by atoms with Crippen LogP contribution in [0.2, 0.25) is 0 Å². The van der Waals surface area contributed by atoms with Gasteiger partial charge in [0.1, 0.15) is 18.4 Å². The van der Waals surface area contributed by atoms with Crippen molar-refractivity contribution in [1.29, 1.82) is 0 Å². The average Bonchev–Trinajstić information content (AvgIpc) is 2.51. The summed E-state index contributed by atoms with van der Waals surface area (Å²) in [6.45, 7) is 10.7. The van der Waals surface area contributed by atoms with Crippen LogP contribution >= 0.6 is 12.4 Å². The van der Waals surface area contributed by atoms with E-state index in [2.05, 4.69) is 43.5 Å². The van der Waals surface area contributed by atoms with Gasteiger partial charge in [-0.05, 0) is 30.0 Å². The monoisotopic (exact) mass is 356 g/mol. The van der Waals surface area contributed by atoms with E-state index in [1.807, 2.05) is 19.1 Å². The molecule has 0 spiro atoms. The second-order valence-electron chi connectivity index (χ2n) is 6.92. The Bertz CT molecular complexity index is 514. The SMILES string of the molecule is C[C@H]1OCCN[C@@H]1C(=O)NCCOc1ccc(C(C)(C)C)cc1.Cl. The van der Waals surface area contributed by atoms with Crippen LogP contribution in [0.3, 0.4) is 0 Å². The zero-order chi connectivity index (χ0) is 16.9. The van der Waals surface area contributed by atoms with Crippen LogP contribution in [-0.4, -0.2) is 44.4 Å². The number of ether oxygens (including phenoxy) is 2. The van der Waals surface area contributed by atoms with Crippen LogP contribution in [0, 0.1) is 0 Å². The van der Waals surface area contributed by atoms with Gasteiger partial charge in [-0.15, -0.1) is 12.4 Å². The molecule has 5 nitrogen and oxygen atoms in total. The molecule has 0 bridgehead atoms. The summed E-state index contributed by atoms with van der Waals surface area (Å²) in [5.41, 5.74) is 1.41. The molecule has 1 heterocycles. The van der Waals surface area contributed by atoms with Crippen LogP contribution in [0.4, 0.5) is 0 Å². The number of morpholine rings is 1. The van der Waals surface area contributed by atoms with E-state index in [0.29, 0.717) is 26.3 Å². The van der Waals surface area contributed by atoms with E-state index < -0.39 is 0 Å². The Kier molecular flexibility index (Phi) is 8.00. The highest BCUT2D eigenvalue weighted by molar-refractivity contribution is 5.85. The molecular formula is C18H29ClN2O3. The van der Waals surface area contributed by atoms with Crippen LogP contribution in [0.1, 0.15) is 33.3 Å². The number of hydrogen-bond donors (Lipinski definition) is 2. The molecule has 1 aliphatic heterocycles. The van der Waals surface area contributed by atoms with Gasteiger partial charge in [0.25, 0.3) is 0 Å². The van der Waals surface area contributed by atoms with Gasteiger partial charge in [0.05, 0.1) is 19.3 Å².